The van der Waals surface area contributed by atoms with Gasteiger partial charge in [-0.25, -0.2) is 0 Å². The summed E-state index contributed by atoms with van der Waals surface area (Å²) >= 11 is 6.25. The van der Waals surface area contributed by atoms with Crippen LogP contribution in [-0.2, 0) is 6.42 Å². The van der Waals surface area contributed by atoms with Gasteiger partial charge in [0.1, 0.15) is 0 Å². The molecule has 16 heavy (non-hydrogen) atoms. The summed E-state index contributed by atoms with van der Waals surface area (Å²) in [6.07, 6.45) is 2.61. The molecule has 0 spiro atoms. The number of hydrogen-bond donors (Lipinski definition) is 1. The molecular formula is C14H13ClO. The molecule has 1 nitrogen and oxygen atoms in total. The van der Waals surface area contributed by atoms with E-state index in [4.69, 9.17) is 11.6 Å². The number of hydrogen-bond acceptors (Lipinski definition) is 1. The van der Waals surface area contributed by atoms with Gasteiger partial charge in [0.15, 0.2) is 0 Å². The molecule has 0 fully saturated rings. The second-order valence-corrected chi connectivity index (χ2v) is 4.79. The third-order valence-electron chi connectivity index (χ3n) is 3.40. The summed E-state index contributed by atoms with van der Waals surface area (Å²) in [6, 6.07) is 10.1. The van der Waals surface area contributed by atoms with E-state index in [1.54, 1.807) is 0 Å². The van der Waals surface area contributed by atoms with Gasteiger partial charge < -0.3 is 5.11 Å². The molecule has 0 heterocycles. The standard InChI is InChI=1S/C14H13ClO/c15-13-8-12-10(6-3-7-14(12)16)9-4-1-2-5-11(9)13/h1-2,4-5,8,14,16H,3,6-7H2/t14-/m0/s1. The van der Waals surface area contributed by atoms with Crippen LogP contribution < -0.4 is 0 Å². The minimum absolute atomic E-state index is 0.342. The highest BCUT2D eigenvalue weighted by Crippen LogP contribution is 2.37. The molecule has 0 saturated carbocycles. The lowest BCUT2D eigenvalue weighted by Gasteiger charge is -2.23. The Bertz CT molecular complexity index is 548. The van der Waals surface area contributed by atoms with Crippen molar-refractivity contribution >= 4 is 22.4 Å². The summed E-state index contributed by atoms with van der Waals surface area (Å²) in [7, 11) is 0. The molecule has 1 N–H and O–H groups in total. The zero-order chi connectivity index (χ0) is 11.1. The van der Waals surface area contributed by atoms with Gasteiger partial charge in [0, 0.05) is 10.4 Å². The van der Waals surface area contributed by atoms with Crippen molar-refractivity contribution in [2.75, 3.05) is 0 Å². The second-order valence-electron chi connectivity index (χ2n) is 4.38. The van der Waals surface area contributed by atoms with Crippen molar-refractivity contribution in [1.82, 2.24) is 0 Å². The second kappa shape index (κ2) is 3.76. The predicted octanol–water partition coefficient (Wildman–Crippen LogP) is 3.86. The van der Waals surface area contributed by atoms with Crippen molar-refractivity contribution in [3.63, 3.8) is 0 Å². The Labute approximate surface area is 99.7 Å². The van der Waals surface area contributed by atoms with Crippen molar-refractivity contribution in [2.24, 2.45) is 0 Å². The van der Waals surface area contributed by atoms with Crippen LogP contribution in [0.2, 0.25) is 5.02 Å². The van der Waals surface area contributed by atoms with Crippen LogP contribution >= 0.6 is 11.6 Å². The van der Waals surface area contributed by atoms with Crippen LogP contribution in [0.1, 0.15) is 30.1 Å². The van der Waals surface area contributed by atoms with Crippen LogP contribution in [0.3, 0.4) is 0 Å². The summed E-state index contributed by atoms with van der Waals surface area (Å²) in [5, 5.41) is 13.0. The Balaban J connectivity index is 2.38. The number of aryl methyl sites for hydroxylation is 1. The summed E-state index contributed by atoms with van der Waals surface area (Å²) in [5.74, 6) is 0. The highest BCUT2D eigenvalue weighted by atomic mass is 35.5. The van der Waals surface area contributed by atoms with Crippen LogP contribution in [0.4, 0.5) is 0 Å². The van der Waals surface area contributed by atoms with Gasteiger partial charge in [0.2, 0.25) is 0 Å². The lowest BCUT2D eigenvalue weighted by atomic mass is 9.86. The van der Waals surface area contributed by atoms with E-state index in [1.165, 1.54) is 10.9 Å². The maximum Gasteiger partial charge on any atom is 0.0793 e. The van der Waals surface area contributed by atoms with Gasteiger partial charge >= 0.3 is 0 Å². The van der Waals surface area contributed by atoms with Gasteiger partial charge in [0.05, 0.1) is 6.10 Å². The molecule has 2 heteroatoms. The summed E-state index contributed by atoms with van der Waals surface area (Å²) in [6.45, 7) is 0. The zero-order valence-electron chi connectivity index (χ0n) is 8.91. The zero-order valence-corrected chi connectivity index (χ0v) is 9.67. The molecule has 0 aromatic heterocycles. The molecule has 82 valence electrons. The minimum Gasteiger partial charge on any atom is -0.388 e. The largest absolute Gasteiger partial charge is 0.388 e. The van der Waals surface area contributed by atoms with Crippen LogP contribution in [0.15, 0.2) is 30.3 Å². The number of benzene rings is 2. The summed E-state index contributed by atoms with van der Waals surface area (Å²) < 4.78 is 0. The van der Waals surface area contributed by atoms with Crippen molar-refractivity contribution in [2.45, 2.75) is 25.4 Å². The summed E-state index contributed by atoms with van der Waals surface area (Å²) in [4.78, 5) is 0. The Morgan fingerprint density at radius 3 is 2.75 bits per heavy atom. The van der Waals surface area contributed by atoms with E-state index in [0.717, 1.165) is 35.2 Å². The molecule has 2 aromatic rings. The lowest BCUT2D eigenvalue weighted by Crippen LogP contribution is -2.09. The quantitative estimate of drug-likeness (QED) is 0.731. The van der Waals surface area contributed by atoms with E-state index >= 15 is 0 Å². The van der Waals surface area contributed by atoms with Gasteiger partial charge in [0.25, 0.3) is 0 Å². The molecule has 1 atom stereocenters. The van der Waals surface area contributed by atoms with E-state index < -0.39 is 0 Å². The monoisotopic (exact) mass is 232 g/mol. The van der Waals surface area contributed by atoms with Gasteiger partial charge in [-0.1, -0.05) is 35.9 Å². The molecule has 0 amide bonds. The Morgan fingerprint density at radius 2 is 1.94 bits per heavy atom. The van der Waals surface area contributed by atoms with Gasteiger partial charge in [-0.15, -0.1) is 0 Å². The van der Waals surface area contributed by atoms with Gasteiger partial charge in [-0.3, -0.25) is 0 Å². The van der Waals surface area contributed by atoms with Crippen LogP contribution in [-0.4, -0.2) is 5.11 Å². The first-order valence-electron chi connectivity index (χ1n) is 5.65. The highest BCUT2D eigenvalue weighted by Gasteiger charge is 2.20. The first-order chi connectivity index (χ1) is 7.77. The van der Waals surface area contributed by atoms with E-state index in [2.05, 4.69) is 6.07 Å². The fraction of sp³-hybridized carbons (Fsp3) is 0.286. The third kappa shape index (κ3) is 1.43. The summed E-state index contributed by atoms with van der Waals surface area (Å²) in [5.41, 5.74) is 2.30. The Morgan fingerprint density at radius 1 is 1.19 bits per heavy atom. The lowest BCUT2D eigenvalue weighted by molar-refractivity contribution is 0.157. The molecule has 0 unspecified atom stereocenters. The smallest absolute Gasteiger partial charge is 0.0793 e. The number of halogens is 1. The SMILES string of the molecule is O[C@H]1CCCc2c1cc(Cl)c1ccccc21. The van der Waals surface area contributed by atoms with Gasteiger partial charge in [-0.2, -0.15) is 0 Å². The molecule has 1 aliphatic rings. The first-order valence-corrected chi connectivity index (χ1v) is 6.03. The first kappa shape index (κ1) is 10.1. The van der Waals surface area contributed by atoms with E-state index in [1.807, 2.05) is 24.3 Å². The molecular weight excluding hydrogens is 220 g/mol. The fourth-order valence-corrected chi connectivity index (χ4v) is 2.90. The maximum atomic E-state index is 9.99. The third-order valence-corrected chi connectivity index (χ3v) is 3.72. The molecule has 2 aromatic carbocycles. The molecule has 1 aliphatic carbocycles. The molecule has 0 saturated heterocycles. The van der Waals surface area contributed by atoms with E-state index in [0.29, 0.717) is 0 Å². The normalized spacial score (nSPS) is 19.8. The average Bonchev–Trinajstić information content (AvgIpc) is 2.31. The van der Waals surface area contributed by atoms with Crippen molar-refractivity contribution < 1.29 is 5.11 Å². The Hall–Kier alpha value is -1.05. The molecule has 0 aliphatic heterocycles. The highest BCUT2D eigenvalue weighted by molar-refractivity contribution is 6.35. The van der Waals surface area contributed by atoms with Gasteiger partial charge in [-0.05, 0) is 41.8 Å². The van der Waals surface area contributed by atoms with Crippen molar-refractivity contribution in [3.05, 3.63) is 46.5 Å². The average molecular weight is 233 g/mol. The van der Waals surface area contributed by atoms with Crippen LogP contribution in [0, 0.1) is 0 Å². The number of aliphatic hydroxyl groups excluding tert-OH is 1. The molecule has 0 bridgehead atoms. The topological polar surface area (TPSA) is 20.2 Å². The number of fused-ring (bicyclic) bond motifs is 3. The predicted molar refractivity (Wildman–Crippen MR) is 66.9 cm³/mol. The Kier molecular flexibility index (Phi) is 2.38. The number of aliphatic hydroxyl groups is 1. The molecule has 0 radical (unpaired) electrons. The maximum absolute atomic E-state index is 9.99. The fourth-order valence-electron chi connectivity index (χ4n) is 2.62. The molecule has 3 rings (SSSR count). The van der Waals surface area contributed by atoms with E-state index in [-0.39, 0.29) is 6.10 Å². The van der Waals surface area contributed by atoms with Crippen LogP contribution in [0.5, 0.6) is 0 Å². The van der Waals surface area contributed by atoms with Crippen molar-refractivity contribution in [1.29, 1.82) is 0 Å². The van der Waals surface area contributed by atoms with Crippen molar-refractivity contribution in [3.8, 4) is 0 Å². The minimum atomic E-state index is -0.342. The van der Waals surface area contributed by atoms with E-state index in [9.17, 15) is 5.11 Å². The number of rotatable bonds is 0. The van der Waals surface area contributed by atoms with Crippen LogP contribution in [0.25, 0.3) is 10.8 Å².